The van der Waals surface area contributed by atoms with Gasteiger partial charge in [-0.05, 0) is 37.1 Å². The van der Waals surface area contributed by atoms with E-state index in [1.54, 1.807) is 0 Å². The molecule has 0 spiro atoms. The number of para-hydroxylation sites is 2. The number of hydrogen-bond acceptors (Lipinski definition) is 5. The average Bonchev–Trinajstić information content (AvgIpc) is 2.64. The number of fused-ring (bicyclic) bond motifs is 1. The molecule has 27 heavy (non-hydrogen) atoms. The van der Waals surface area contributed by atoms with Gasteiger partial charge < -0.3 is 15.4 Å². The van der Waals surface area contributed by atoms with Crippen LogP contribution in [0.3, 0.4) is 0 Å². The summed E-state index contributed by atoms with van der Waals surface area (Å²) in [6.45, 7) is 3.40. The lowest BCUT2D eigenvalue weighted by atomic mass is 10.1. The number of anilines is 2. The zero-order chi connectivity index (χ0) is 19.4. The van der Waals surface area contributed by atoms with Crippen molar-refractivity contribution >= 4 is 40.9 Å². The Morgan fingerprint density at radius 1 is 1.11 bits per heavy atom. The molecule has 7 heteroatoms. The first kappa shape index (κ1) is 19.0. The number of carbonyl (C=O) groups is 3. The number of amides is 2. The summed E-state index contributed by atoms with van der Waals surface area (Å²) in [5.74, 6) is -1.24. The van der Waals surface area contributed by atoms with E-state index in [1.165, 1.54) is 11.8 Å². The second-order valence-corrected chi connectivity index (χ2v) is 7.52. The summed E-state index contributed by atoms with van der Waals surface area (Å²) in [4.78, 5) is 37.2. The Kier molecular flexibility index (Phi) is 5.81. The molecule has 1 aliphatic rings. The summed E-state index contributed by atoms with van der Waals surface area (Å²) in [5, 5.41) is 4.96. The van der Waals surface area contributed by atoms with Gasteiger partial charge in [0, 0.05) is 10.6 Å². The molecule has 0 fully saturated rings. The molecule has 2 aromatic rings. The highest BCUT2D eigenvalue weighted by Gasteiger charge is 2.29. The number of hydrogen-bond donors (Lipinski definition) is 2. The lowest BCUT2D eigenvalue weighted by molar-refractivity contribution is -0.147. The van der Waals surface area contributed by atoms with Crippen molar-refractivity contribution in [3.63, 3.8) is 0 Å². The van der Waals surface area contributed by atoms with Crippen LogP contribution in [0.5, 0.6) is 0 Å². The largest absolute Gasteiger partial charge is 0.456 e. The van der Waals surface area contributed by atoms with Crippen LogP contribution in [-0.4, -0.2) is 29.6 Å². The van der Waals surface area contributed by atoms with Crippen LogP contribution in [0.1, 0.15) is 17.5 Å². The Hall–Kier alpha value is -2.80. The van der Waals surface area contributed by atoms with Gasteiger partial charge in [-0.25, -0.2) is 0 Å². The molecule has 0 aliphatic carbocycles. The standard InChI is InChI=1S/C20H20N2O4S/c1-12-6-5-7-13(2)19(12)22-17(23)11-26-18(24)10-16-20(25)21-14-8-3-4-9-15(14)27-16/h3-9,16H,10-11H2,1-2H3,(H,21,25)(H,22,23)/t16-/m1/s1. The van der Waals surface area contributed by atoms with Crippen LogP contribution < -0.4 is 10.6 Å². The molecular weight excluding hydrogens is 364 g/mol. The van der Waals surface area contributed by atoms with Gasteiger partial charge in [-0.1, -0.05) is 30.3 Å². The van der Waals surface area contributed by atoms with Crippen molar-refractivity contribution < 1.29 is 19.1 Å². The van der Waals surface area contributed by atoms with Crippen LogP contribution in [0.15, 0.2) is 47.4 Å². The summed E-state index contributed by atoms with van der Waals surface area (Å²) < 4.78 is 5.05. The lowest BCUT2D eigenvalue weighted by Crippen LogP contribution is -2.32. The van der Waals surface area contributed by atoms with Gasteiger partial charge in [-0.3, -0.25) is 14.4 Å². The third kappa shape index (κ3) is 4.68. The van der Waals surface area contributed by atoms with E-state index in [9.17, 15) is 14.4 Å². The fraction of sp³-hybridized carbons (Fsp3) is 0.250. The number of nitrogens with one attached hydrogen (secondary N) is 2. The summed E-state index contributed by atoms with van der Waals surface area (Å²) in [7, 11) is 0. The van der Waals surface area contributed by atoms with E-state index in [2.05, 4.69) is 10.6 Å². The SMILES string of the molecule is Cc1cccc(C)c1NC(=O)COC(=O)C[C@H]1Sc2ccccc2NC1=O. The van der Waals surface area contributed by atoms with Crippen molar-refractivity contribution in [3.05, 3.63) is 53.6 Å². The fourth-order valence-corrected chi connectivity index (χ4v) is 3.87. The highest BCUT2D eigenvalue weighted by atomic mass is 32.2. The van der Waals surface area contributed by atoms with E-state index in [1.807, 2.05) is 56.3 Å². The Labute approximate surface area is 161 Å². The molecule has 140 valence electrons. The predicted molar refractivity (Wildman–Crippen MR) is 105 cm³/mol. The van der Waals surface area contributed by atoms with Crippen molar-refractivity contribution in [1.29, 1.82) is 0 Å². The summed E-state index contributed by atoms with van der Waals surface area (Å²) in [6.07, 6.45) is -0.0957. The number of benzene rings is 2. The third-order valence-corrected chi connectivity index (χ3v) is 5.44. The molecule has 0 saturated heterocycles. The first-order valence-corrected chi connectivity index (χ1v) is 9.40. The number of carbonyl (C=O) groups excluding carboxylic acids is 3. The number of rotatable bonds is 5. The van der Waals surface area contributed by atoms with Gasteiger partial charge in [0.25, 0.3) is 5.91 Å². The molecular formula is C20H20N2O4S. The van der Waals surface area contributed by atoms with Crippen LogP contribution in [-0.2, 0) is 19.1 Å². The first-order valence-electron chi connectivity index (χ1n) is 8.52. The minimum atomic E-state index is -0.585. The number of thioether (sulfide) groups is 1. The second kappa shape index (κ2) is 8.26. The minimum Gasteiger partial charge on any atom is -0.456 e. The fourth-order valence-electron chi connectivity index (χ4n) is 2.77. The Bertz CT molecular complexity index is 877. The van der Waals surface area contributed by atoms with Crippen LogP contribution in [0.4, 0.5) is 11.4 Å². The molecule has 1 heterocycles. The maximum Gasteiger partial charge on any atom is 0.307 e. The third-order valence-electron chi connectivity index (χ3n) is 4.17. The molecule has 2 N–H and O–H groups in total. The number of esters is 1. The van der Waals surface area contributed by atoms with E-state index in [4.69, 9.17) is 4.74 Å². The van der Waals surface area contributed by atoms with E-state index < -0.39 is 17.1 Å². The van der Waals surface area contributed by atoms with Gasteiger partial charge in [0.05, 0.1) is 17.4 Å². The molecule has 1 aliphatic heterocycles. The van der Waals surface area contributed by atoms with Gasteiger partial charge in [0.2, 0.25) is 5.91 Å². The maximum absolute atomic E-state index is 12.1. The Balaban J connectivity index is 1.51. The van der Waals surface area contributed by atoms with Gasteiger partial charge in [0.1, 0.15) is 0 Å². The van der Waals surface area contributed by atoms with Crippen molar-refractivity contribution in [2.75, 3.05) is 17.2 Å². The molecule has 0 unspecified atom stereocenters. The molecule has 0 aromatic heterocycles. The average molecular weight is 384 g/mol. The van der Waals surface area contributed by atoms with Crippen LogP contribution in [0.25, 0.3) is 0 Å². The summed E-state index contributed by atoms with van der Waals surface area (Å²) >= 11 is 1.32. The van der Waals surface area contributed by atoms with Crippen molar-refractivity contribution in [2.45, 2.75) is 30.4 Å². The van der Waals surface area contributed by atoms with E-state index in [0.717, 1.165) is 27.4 Å². The molecule has 1 atom stereocenters. The van der Waals surface area contributed by atoms with Crippen LogP contribution in [0.2, 0.25) is 0 Å². The molecule has 0 radical (unpaired) electrons. The number of aryl methyl sites for hydroxylation is 2. The van der Waals surface area contributed by atoms with Gasteiger partial charge in [-0.15, -0.1) is 11.8 Å². The number of ether oxygens (including phenoxy) is 1. The monoisotopic (exact) mass is 384 g/mol. The Morgan fingerprint density at radius 2 is 1.81 bits per heavy atom. The van der Waals surface area contributed by atoms with Gasteiger partial charge in [-0.2, -0.15) is 0 Å². The van der Waals surface area contributed by atoms with Crippen LogP contribution in [0, 0.1) is 13.8 Å². The molecule has 3 rings (SSSR count). The molecule has 2 amide bonds. The zero-order valence-corrected chi connectivity index (χ0v) is 15.9. The molecule has 2 aromatic carbocycles. The van der Waals surface area contributed by atoms with Gasteiger partial charge >= 0.3 is 5.97 Å². The zero-order valence-electron chi connectivity index (χ0n) is 15.1. The van der Waals surface area contributed by atoms with Crippen molar-refractivity contribution in [3.8, 4) is 0 Å². The van der Waals surface area contributed by atoms with E-state index in [-0.39, 0.29) is 18.9 Å². The smallest absolute Gasteiger partial charge is 0.307 e. The highest BCUT2D eigenvalue weighted by Crippen LogP contribution is 2.36. The molecule has 0 bridgehead atoms. The van der Waals surface area contributed by atoms with E-state index in [0.29, 0.717) is 0 Å². The molecule has 0 saturated carbocycles. The van der Waals surface area contributed by atoms with E-state index >= 15 is 0 Å². The first-order chi connectivity index (χ1) is 12.9. The highest BCUT2D eigenvalue weighted by molar-refractivity contribution is 8.01. The topological polar surface area (TPSA) is 84.5 Å². The normalized spacial score (nSPS) is 15.5. The summed E-state index contributed by atoms with van der Waals surface area (Å²) in [5.41, 5.74) is 3.33. The maximum atomic E-state index is 12.1. The second-order valence-electron chi connectivity index (χ2n) is 6.27. The van der Waals surface area contributed by atoms with Gasteiger partial charge in [0.15, 0.2) is 6.61 Å². The van der Waals surface area contributed by atoms with Crippen LogP contribution >= 0.6 is 11.8 Å². The summed E-state index contributed by atoms with van der Waals surface area (Å²) in [6, 6.07) is 13.1. The minimum absolute atomic E-state index is 0.0957. The van der Waals surface area contributed by atoms with Crippen molar-refractivity contribution in [2.24, 2.45) is 0 Å². The quantitative estimate of drug-likeness (QED) is 0.773. The molecule has 6 nitrogen and oxygen atoms in total. The predicted octanol–water partition coefficient (Wildman–Crippen LogP) is 3.29. The Morgan fingerprint density at radius 3 is 2.56 bits per heavy atom. The lowest BCUT2D eigenvalue weighted by Gasteiger charge is -2.23. The van der Waals surface area contributed by atoms with Crippen molar-refractivity contribution in [1.82, 2.24) is 0 Å².